The molecule has 0 saturated heterocycles. The van der Waals surface area contributed by atoms with Crippen molar-refractivity contribution in [3.8, 4) is 0 Å². The first-order chi connectivity index (χ1) is 10.4. The summed E-state index contributed by atoms with van der Waals surface area (Å²) in [5, 5.41) is 3.27. The zero-order chi connectivity index (χ0) is 16.2. The molecular weight excluding hydrogens is 315 g/mol. The molecule has 0 amide bonds. The van der Waals surface area contributed by atoms with E-state index in [2.05, 4.69) is 5.32 Å². The number of halogens is 4. The van der Waals surface area contributed by atoms with Gasteiger partial charge >= 0.3 is 6.18 Å². The summed E-state index contributed by atoms with van der Waals surface area (Å²) < 4.78 is 37.2. The fourth-order valence-corrected chi connectivity index (χ4v) is 1.81. The first-order valence-corrected chi connectivity index (χ1v) is 6.64. The number of hydrogen-bond acceptors (Lipinski definition) is 2. The van der Waals surface area contributed by atoms with Gasteiger partial charge in [0, 0.05) is 28.5 Å². The van der Waals surface area contributed by atoms with Crippen LogP contribution in [0.3, 0.4) is 0 Å². The monoisotopic (exact) mass is 325 g/mol. The van der Waals surface area contributed by atoms with Gasteiger partial charge in [0.2, 0.25) is 0 Å². The highest BCUT2D eigenvalue weighted by atomic mass is 35.5. The van der Waals surface area contributed by atoms with Crippen molar-refractivity contribution in [2.75, 3.05) is 5.32 Å². The van der Waals surface area contributed by atoms with Gasteiger partial charge in [-0.25, -0.2) is 0 Å². The maximum absolute atomic E-state index is 12.4. The predicted molar refractivity (Wildman–Crippen MR) is 80.0 cm³/mol. The molecule has 0 radical (unpaired) electrons. The lowest BCUT2D eigenvalue weighted by Gasteiger charge is -2.07. The van der Waals surface area contributed by atoms with Gasteiger partial charge in [0.25, 0.3) is 0 Å². The molecule has 0 aromatic heterocycles. The molecule has 6 heteroatoms. The number of hydrogen-bond donors (Lipinski definition) is 1. The zero-order valence-corrected chi connectivity index (χ0v) is 11.9. The normalized spacial score (nSPS) is 11.6. The quantitative estimate of drug-likeness (QED) is 0.621. The average Bonchev–Trinajstić information content (AvgIpc) is 2.47. The molecule has 0 heterocycles. The Hall–Kier alpha value is -2.27. The minimum atomic E-state index is -4.36. The van der Waals surface area contributed by atoms with Crippen LogP contribution in [0.1, 0.15) is 15.9 Å². The standard InChI is InChI=1S/C16H11ClF3NO/c17-13-5-1-11(2-6-13)15(22)9-10-21-14-7-3-12(4-8-14)16(18,19)20/h1-10,21H/b10-9-. The van der Waals surface area contributed by atoms with Crippen molar-refractivity contribution in [3.63, 3.8) is 0 Å². The van der Waals surface area contributed by atoms with E-state index in [1.807, 2.05) is 0 Å². The van der Waals surface area contributed by atoms with Crippen LogP contribution in [0.15, 0.2) is 60.8 Å². The lowest BCUT2D eigenvalue weighted by molar-refractivity contribution is -0.137. The van der Waals surface area contributed by atoms with E-state index in [1.165, 1.54) is 24.4 Å². The van der Waals surface area contributed by atoms with Gasteiger partial charge in [-0.15, -0.1) is 0 Å². The predicted octanol–water partition coefficient (Wildman–Crippen LogP) is 5.17. The van der Waals surface area contributed by atoms with Crippen molar-refractivity contribution < 1.29 is 18.0 Å². The number of alkyl halides is 3. The number of ketones is 1. The van der Waals surface area contributed by atoms with Gasteiger partial charge in [0.1, 0.15) is 0 Å². The highest BCUT2D eigenvalue weighted by molar-refractivity contribution is 6.30. The minimum absolute atomic E-state index is 0.240. The van der Waals surface area contributed by atoms with Gasteiger partial charge in [-0.1, -0.05) is 11.6 Å². The Morgan fingerprint density at radius 3 is 2.14 bits per heavy atom. The van der Waals surface area contributed by atoms with Crippen molar-refractivity contribution in [1.29, 1.82) is 0 Å². The maximum atomic E-state index is 12.4. The van der Waals surface area contributed by atoms with Crippen molar-refractivity contribution >= 4 is 23.1 Å². The lowest BCUT2D eigenvalue weighted by Crippen LogP contribution is -2.04. The third-order valence-corrected chi connectivity index (χ3v) is 3.08. The Morgan fingerprint density at radius 1 is 1.00 bits per heavy atom. The van der Waals surface area contributed by atoms with Crippen molar-refractivity contribution in [2.24, 2.45) is 0 Å². The van der Waals surface area contributed by atoms with Crippen LogP contribution in [0.5, 0.6) is 0 Å². The second kappa shape index (κ2) is 6.66. The molecule has 0 aliphatic heterocycles. The van der Waals surface area contributed by atoms with Crippen LogP contribution < -0.4 is 5.32 Å². The summed E-state index contributed by atoms with van der Waals surface area (Å²) in [5.74, 6) is -0.240. The fraction of sp³-hybridized carbons (Fsp3) is 0.0625. The number of rotatable bonds is 4. The zero-order valence-electron chi connectivity index (χ0n) is 11.2. The molecule has 2 aromatic rings. The summed E-state index contributed by atoms with van der Waals surface area (Å²) in [7, 11) is 0. The summed E-state index contributed by atoms with van der Waals surface area (Å²) in [6.45, 7) is 0. The van der Waals surface area contributed by atoms with Crippen LogP contribution in [0.2, 0.25) is 5.02 Å². The molecule has 0 aliphatic carbocycles. The molecule has 22 heavy (non-hydrogen) atoms. The Bertz CT molecular complexity index is 676. The number of carbonyl (C=O) groups is 1. The SMILES string of the molecule is O=C(/C=C\Nc1ccc(C(F)(F)F)cc1)c1ccc(Cl)cc1. The van der Waals surface area contributed by atoms with E-state index in [1.54, 1.807) is 24.3 Å². The van der Waals surface area contributed by atoms with Gasteiger partial charge in [-0.05, 0) is 48.5 Å². The molecule has 2 rings (SSSR count). The van der Waals surface area contributed by atoms with Crippen LogP contribution in [0.25, 0.3) is 0 Å². The molecule has 0 aliphatic rings. The van der Waals surface area contributed by atoms with Crippen molar-refractivity contribution in [3.05, 3.63) is 77.0 Å². The van der Waals surface area contributed by atoms with E-state index >= 15 is 0 Å². The van der Waals surface area contributed by atoms with Gasteiger partial charge in [0.05, 0.1) is 5.56 Å². The molecule has 0 saturated carbocycles. The molecular formula is C16H11ClF3NO. The minimum Gasteiger partial charge on any atom is -0.362 e. The summed E-state index contributed by atoms with van der Waals surface area (Å²) in [6, 6.07) is 10.9. The Kier molecular flexibility index (Phi) is 4.88. The molecule has 0 spiro atoms. The molecule has 0 unspecified atom stereocenters. The smallest absolute Gasteiger partial charge is 0.362 e. The lowest BCUT2D eigenvalue weighted by atomic mass is 10.1. The van der Waals surface area contributed by atoms with Crippen LogP contribution >= 0.6 is 11.6 Å². The van der Waals surface area contributed by atoms with E-state index in [-0.39, 0.29) is 5.78 Å². The van der Waals surface area contributed by atoms with E-state index in [9.17, 15) is 18.0 Å². The first kappa shape index (κ1) is 16.1. The summed E-state index contributed by atoms with van der Waals surface area (Å²) in [4.78, 5) is 11.8. The van der Waals surface area contributed by atoms with E-state index in [4.69, 9.17) is 11.6 Å². The van der Waals surface area contributed by atoms with Crippen LogP contribution in [-0.2, 0) is 6.18 Å². The number of benzene rings is 2. The molecule has 0 atom stereocenters. The van der Waals surface area contributed by atoms with Crippen LogP contribution in [-0.4, -0.2) is 5.78 Å². The van der Waals surface area contributed by atoms with Gasteiger partial charge < -0.3 is 5.32 Å². The van der Waals surface area contributed by atoms with Gasteiger partial charge in [-0.3, -0.25) is 4.79 Å². The number of allylic oxidation sites excluding steroid dienone is 1. The average molecular weight is 326 g/mol. The van der Waals surface area contributed by atoms with Crippen LogP contribution in [0, 0.1) is 0 Å². The maximum Gasteiger partial charge on any atom is 0.416 e. The Balaban J connectivity index is 1.97. The number of carbonyl (C=O) groups excluding carboxylic acids is 1. The number of nitrogens with one attached hydrogen (secondary N) is 1. The second-order valence-electron chi connectivity index (χ2n) is 4.42. The number of anilines is 1. The topological polar surface area (TPSA) is 29.1 Å². The largest absolute Gasteiger partial charge is 0.416 e. The van der Waals surface area contributed by atoms with Crippen LogP contribution in [0.4, 0.5) is 18.9 Å². The van der Waals surface area contributed by atoms with E-state index in [0.717, 1.165) is 12.1 Å². The molecule has 114 valence electrons. The van der Waals surface area contributed by atoms with E-state index in [0.29, 0.717) is 16.3 Å². The van der Waals surface area contributed by atoms with Crippen molar-refractivity contribution in [2.45, 2.75) is 6.18 Å². The summed E-state index contributed by atoms with van der Waals surface area (Å²) in [5.41, 5.74) is 0.197. The van der Waals surface area contributed by atoms with Gasteiger partial charge in [0.15, 0.2) is 5.78 Å². The third-order valence-electron chi connectivity index (χ3n) is 2.83. The first-order valence-electron chi connectivity index (χ1n) is 6.26. The third kappa shape index (κ3) is 4.36. The summed E-state index contributed by atoms with van der Waals surface area (Å²) >= 11 is 5.72. The fourth-order valence-electron chi connectivity index (χ4n) is 1.68. The molecule has 2 aromatic carbocycles. The molecule has 0 bridgehead atoms. The second-order valence-corrected chi connectivity index (χ2v) is 4.86. The Labute approximate surface area is 130 Å². The Morgan fingerprint density at radius 2 is 1.59 bits per heavy atom. The summed E-state index contributed by atoms with van der Waals surface area (Å²) in [6.07, 6.45) is -1.70. The van der Waals surface area contributed by atoms with Gasteiger partial charge in [-0.2, -0.15) is 13.2 Å². The van der Waals surface area contributed by atoms with Crippen molar-refractivity contribution in [1.82, 2.24) is 0 Å². The van der Waals surface area contributed by atoms with E-state index < -0.39 is 11.7 Å². The molecule has 1 N–H and O–H groups in total. The molecule has 2 nitrogen and oxygen atoms in total. The highest BCUT2D eigenvalue weighted by Gasteiger charge is 2.29. The molecule has 0 fully saturated rings. The highest BCUT2D eigenvalue weighted by Crippen LogP contribution is 2.29.